The molecule has 202 valence electrons. The summed E-state index contributed by atoms with van der Waals surface area (Å²) in [4.78, 5) is 42.3. The van der Waals surface area contributed by atoms with Gasteiger partial charge in [0.15, 0.2) is 0 Å². The Kier molecular flexibility index (Phi) is 7.00. The molecule has 0 N–H and O–H groups in total. The molecule has 2 aliphatic heterocycles. The maximum Gasteiger partial charge on any atom is 0.350 e. The Labute approximate surface area is 232 Å². The summed E-state index contributed by atoms with van der Waals surface area (Å²) in [6, 6.07) is 24.6. The monoisotopic (exact) mass is 533 g/mol. The van der Waals surface area contributed by atoms with Gasteiger partial charge in [-0.1, -0.05) is 66.2 Å². The summed E-state index contributed by atoms with van der Waals surface area (Å²) in [6.07, 6.45) is 5.54. The lowest BCUT2D eigenvalue weighted by molar-refractivity contribution is 0.0642. The lowest BCUT2D eigenvalue weighted by Gasteiger charge is -2.31. The Morgan fingerprint density at radius 1 is 0.850 bits per heavy atom. The van der Waals surface area contributed by atoms with Gasteiger partial charge in [-0.25, -0.2) is 14.0 Å². The standard InChI is InChI=1S/C32H31N5O3/c1-23(19-24-7-3-2-4-8-24)20-34-17-15-27(16-18-34)37-32(40)36(22-33-37)26-13-11-25(12-14-26)21-35-30(38)28-9-5-6-10-29(28)31(35)39/h2-14,19,22,27H,15-18,20-21H2,1H3/b23-19+. The fourth-order valence-electron chi connectivity index (χ4n) is 5.63. The van der Waals surface area contributed by atoms with E-state index in [4.69, 9.17) is 0 Å². The van der Waals surface area contributed by atoms with Crippen LogP contribution in [0.15, 0.2) is 95.6 Å². The highest BCUT2D eigenvalue weighted by molar-refractivity contribution is 6.21. The van der Waals surface area contributed by atoms with Crippen LogP contribution in [0.1, 0.15) is 57.7 Å². The lowest BCUT2D eigenvalue weighted by Crippen LogP contribution is -2.38. The molecule has 0 spiro atoms. The van der Waals surface area contributed by atoms with E-state index < -0.39 is 0 Å². The summed E-state index contributed by atoms with van der Waals surface area (Å²) >= 11 is 0. The first-order valence-electron chi connectivity index (χ1n) is 13.6. The number of aromatic nitrogens is 3. The second-order valence-corrected chi connectivity index (χ2v) is 10.5. The first-order valence-corrected chi connectivity index (χ1v) is 13.6. The van der Waals surface area contributed by atoms with E-state index in [1.54, 1.807) is 39.8 Å². The van der Waals surface area contributed by atoms with Gasteiger partial charge < -0.3 is 0 Å². The van der Waals surface area contributed by atoms with Crippen LogP contribution in [0.25, 0.3) is 11.8 Å². The molecule has 0 atom stereocenters. The van der Waals surface area contributed by atoms with E-state index in [9.17, 15) is 14.4 Å². The van der Waals surface area contributed by atoms with Crippen molar-refractivity contribution in [1.29, 1.82) is 0 Å². The Balaban J connectivity index is 1.08. The Bertz CT molecular complexity index is 1590. The van der Waals surface area contributed by atoms with Crippen molar-refractivity contribution < 1.29 is 9.59 Å². The maximum absolute atomic E-state index is 13.2. The number of likely N-dealkylation sites (tertiary alicyclic amines) is 1. The van der Waals surface area contributed by atoms with Gasteiger partial charge in [0.2, 0.25) is 0 Å². The highest BCUT2D eigenvalue weighted by Crippen LogP contribution is 2.25. The number of amides is 2. The highest BCUT2D eigenvalue weighted by Gasteiger charge is 2.35. The zero-order chi connectivity index (χ0) is 27.6. The van der Waals surface area contributed by atoms with Crippen molar-refractivity contribution in [3.05, 3.63) is 124 Å². The van der Waals surface area contributed by atoms with Crippen LogP contribution >= 0.6 is 0 Å². The number of fused-ring (bicyclic) bond motifs is 1. The van der Waals surface area contributed by atoms with Crippen LogP contribution in [0.5, 0.6) is 0 Å². The van der Waals surface area contributed by atoms with Crippen molar-refractivity contribution in [2.24, 2.45) is 0 Å². The summed E-state index contributed by atoms with van der Waals surface area (Å²) in [7, 11) is 0. The first kappa shape index (κ1) is 25.7. The van der Waals surface area contributed by atoms with Crippen LogP contribution in [0.2, 0.25) is 0 Å². The van der Waals surface area contributed by atoms with Crippen molar-refractivity contribution in [1.82, 2.24) is 24.1 Å². The molecule has 4 aromatic rings. The lowest BCUT2D eigenvalue weighted by atomic mass is 10.0. The Hall–Kier alpha value is -4.56. The number of hydrogen-bond donors (Lipinski definition) is 0. The average Bonchev–Trinajstić information content (AvgIpc) is 3.47. The Morgan fingerprint density at radius 3 is 2.12 bits per heavy atom. The number of imide groups is 1. The largest absolute Gasteiger partial charge is 0.350 e. The predicted molar refractivity (Wildman–Crippen MR) is 153 cm³/mol. The van der Waals surface area contributed by atoms with Crippen LogP contribution in [0.3, 0.4) is 0 Å². The van der Waals surface area contributed by atoms with Gasteiger partial charge in [-0.05, 0) is 55.2 Å². The van der Waals surface area contributed by atoms with Gasteiger partial charge >= 0.3 is 5.69 Å². The zero-order valence-electron chi connectivity index (χ0n) is 22.4. The molecule has 8 nitrogen and oxygen atoms in total. The number of carbonyl (C=O) groups excluding carboxylic acids is 2. The number of carbonyl (C=O) groups is 2. The molecule has 2 amide bonds. The zero-order valence-corrected chi connectivity index (χ0v) is 22.4. The van der Waals surface area contributed by atoms with E-state index in [0.29, 0.717) is 16.8 Å². The molecular formula is C32H31N5O3. The molecule has 1 saturated heterocycles. The second kappa shape index (κ2) is 10.9. The number of benzene rings is 3. The van der Waals surface area contributed by atoms with Gasteiger partial charge in [0.05, 0.1) is 29.4 Å². The van der Waals surface area contributed by atoms with Crippen LogP contribution < -0.4 is 5.69 Å². The number of nitrogens with zero attached hydrogens (tertiary/aromatic N) is 5. The van der Waals surface area contributed by atoms with Crippen molar-refractivity contribution in [2.45, 2.75) is 32.4 Å². The van der Waals surface area contributed by atoms with E-state index in [-0.39, 0.29) is 30.1 Å². The third-order valence-corrected chi connectivity index (χ3v) is 7.72. The van der Waals surface area contributed by atoms with Crippen LogP contribution in [0.4, 0.5) is 0 Å². The number of rotatable bonds is 7. The summed E-state index contributed by atoms with van der Waals surface area (Å²) < 4.78 is 3.15. The summed E-state index contributed by atoms with van der Waals surface area (Å²) in [5.74, 6) is -0.564. The SMILES string of the molecule is C/C(=C\c1ccccc1)CN1CCC(n2ncn(-c3ccc(CN4C(=O)c5ccccc5C4=O)cc3)c2=O)CC1. The number of hydrogen-bond acceptors (Lipinski definition) is 5. The summed E-state index contributed by atoms with van der Waals surface area (Å²) in [5, 5.41) is 4.45. The van der Waals surface area contributed by atoms with E-state index in [2.05, 4.69) is 35.1 Å². The summed E-state index contributed by atoms with van der Waals surface area (Å²) in [6.45, 7) is 5.08. The molecule has 40 heavy (non-hydrogen) atoms. The fourth-order valence-corrected chi connectivity index (χ4v) is 5.63. The van der Waals surface area contributed by atoms with Gasteiger partial charge in [0, 0.05) is 19.6 Å². The molecule has 0 radical (unpaired) electrons. The second-order valence-electron chi connectivity index (χ2n) is 10.5. The minimum absolute atomic E-state index is 0.0662. The van der Waals surface area contributed by atoms with E-state index in [1.807, 2.05) is 42.5 Å². The van der Waals surface area contributed by atoms with Gasteiger partial charge in [-0.3, -0.25) is 19.4 Å². The molecule has 0 saturated carbocycles. The quantitative estimate of drug-likeness (QED) is 0.325. The number of piperidine rings is 1. The first-order chi connectivity index (χ1) is 19.5. The molecule has 0 aliphatic carbocycles. The van der Waals surface area contributed by atoms with E-state index >= 15 is 0 Å². The maximum atomic E-state index is 13.2. The third-order valence-electron chi connectivity index (χ3n) is 7.72. The van der Waals surface area contributed by atoms with Crippen LogP contribution in [-0.4, -0.2) is 55.6 Å². The summed E-state index contributed by atoms with van der Waals surface area (Å²) in [5.41, 5.74) is 4.75. The average molecular weight is 534 g/mol. The molecule has 3 aromatic carbocycles. The predicted octanol–water partition coefficient (Wildman–Crippen LogP) is 4.57. The molecule has 2 aliphatic rings. The smallest absolute Gasteiger partial charge is 0.299 e. The van der Waals surface area contributed by atoms with Crippen molar-refractivity contribution in [2.75, 3.05) is 19.6 Å². The molecular weight excluding hydrogens is 502 g/mol. The van der Waals surface area contributed by atoms with Crippen molar-refractivity contribution >= 4 is 17.9 Å². The van der Waals surface area contributed by atoms with Gasteiger partial charge in [-0.2, -0.15) is 5.10 Å². The molecule has 3 heterocycles. The molecule has 6 rings (SSSR count). The van der Waals surface area contributed by atoms with Crippen molar-refractivity contribution in [3.63, 3.8) is 0 Å². The van der Waals surface area contributed by atoms with Crippen molar-refractivity contribution in [3.8, 4) is 5.69 Å². The molecule has 1 fully saturated rings. The fraction of sp³-hybridized carbons (Fsp3) is 0.250. The minimum Gasteiger partial charge on any atom is -0.299 e. The molecule has 0 unspecified atom stereocenters. The van der Waals surface area contributed by atoms with Crippen LogP contribution in [0, 0.1) is 0 Å². The molecule has 8 heteroatoms. The van der Waals surface area contributed by atoms with Gasteiger partial charge in [0.1, 0.15) is 6.33 Å². The van der Waals surface area contributed by atoms with Crippen LogP contribution in [-0.2, 0) is 6.54 Å². The van der Waals surface area contributed by atoms with E-state index in [0.717, 1.165) is 38.0 Å². The molecule has 1 aromatic heterocycles. The van der Waals surface area contributed by atoms with E-state index in [1.165, 1.54) is 16.0 Å². The van der Waals surface area contributed by atoms with Gasteiger partial charge in [-0.15, -0.1) is 0 Å². The topological polar surface area (TPSA) is 80.4 Å². The normalized spacial score (nSPS) is 16.5. The van der Waals surface area contributed by atoms with Gasteiger partial charge in [0.25, 0.3) is 11.8 Å². The highest BCUT2D eigenvalue weighted by atomic mass is 16.2. The third kappa shape index (κ3) is 5.05. The molecule has 0 bridgehead atoms. The Morgan fingerprint density at radius 2 is 1.48 bits per heavy atom. The minimum atomic E-state index is -0.282.